The number of amides is 1. The third kappa shape index (κ3) is 4.49. The van der Waals surface area contributed by atoms with Crippen LogP contribution in [0, 0.1) is 19.8 Å². The molecule has 1 aliphatic carbocycles. The zero-order valence-electron chi connectivity index (χ0n) is 18.0. The molecule has 1 atom stereocenters. The van der Waals surface area contributed by atoms with Crippen molar-refractivity contribution in [1.82, 2.24) is 9.97 Å². The number of anilines is 1. The molecule has 164 valence electrons. The summed E-state index contributed by atoms with van der Waals surface area (Å²) in [6.45, 7) is 8.46. The lowest BCUT2D eigenvalue weighted by Gasteiger charge is -2.18. The number of thiophene rings is 2. The van der Waals surface area contributed by atoms with Crippen LogP contribution in [-0.4, -0.2) is 34.2 Å². The molecule has 0 fully saturated rings. The Labute approximate surface area is 193 Å². The van der Waals surface area contributed by atoms with Crippen LogP contribution in [0.15, 0.2) is 11.4 Å². The van der Waals surface area contributed by atoms with Crippen molar-refractivity contribution in [3.8, 4) is 0 Å². The van der Waals surface area contributed by atoms with E-state index in [9.17, 15) is 9.59 Å². The van der Waals surface area contributed by atoms with Gasteiger partial charge in [0.2, 0.25) is 5.91 Å². The van der Waals surface area contributed by atoms with E-state index in [-0.39, 0.29) is 17.6 Å². The van der Waals surface area contributed by atoms with Gasteiger partial charge in [-0.15, -0.1) is 22.7 Å². The molecule has 0 spiro atoms. The maximum Gasteiger partial charge on any atom is 0.341 e. The Kier molecular flexibility index (Phi) is 6.64. The predicted octanol–water partition coefficient (Wildman–Crippen LogP) is 5.40. The fourth-order valence-electron chi connectivity index (χ4n) is 3.81. The molecule has 0 radical (unpaired) electrons. The zero-order chi connectivity index (χ0) is 22.1. The van der Waals surface area contributed by atoms with Gasteiger partial charge in [0.15, 0.2) is 0 Å². The normalized spacial score (nSPS) is 15.7. The fourth-order valence-corrected chi connectivity index (χ4v) is 7.15. The molecule has 3 aromatic rings. The quantitative estimate of drug-likeness (QED) is 0.292. The number of rotatable bonds is 6. The Morgan fingerprint density at radius 3 is 2.87 bits per heavy atom. The van der Waals surface area contributed by atoms with E-state index in [1.54, 1.807) is 24.6 Å². The van der Waals surface area contributed by atoms with E-state index in [4.69, 9.17) is 4.74 Å². The molecule has 1 N–H and O–H groups in total. The Hall–Kier alpha value is -1.97. The Morgan fingerprint density at radius 1 is 1.29 bits per heavy atom. The van der Waals surface area contributed by atoms with Gasteiger partial charge in [0.05, 0.1) is 17.9 Å². The van der Waals surface area contributed by atoms with Gasteiger partial charge in [0.25, 0.3) is 0 Å². The summed E-state index contributed by atoms with van der Waals surface area (Å²) < 4.78 is 5.29. The standard InChI is InChI=1S/C22H25N3O3S3/c1-5-28-22(27)18-14-7-6-11(2)8-15(14)31-21(18)25-16(26)9-29-19-17-12(3)13(4)30-20(17)24-10-23-19/h10-11H,5-9H2,1-4H3,(H,25,26). The van der Waals surface area contributed by atoms with E-state index in [2.05, 4.69) is 36.1 Å². The number of nitrogens with one attached hydrogen (secondary N) is 1. The molecule has 31 heavy (non-hydrogen) atoms. The number of esters is 1. The highest BCUT2D eigenvalue weighted by molar-refractivity contribution is 8.00. The summed E-state index contributed by atoms with van der Waals surface area (Å²) in [5, 5.41) is 5.42. The van der Waals surface area contributed by atoms with E-state index in [1.807, 2.05) is 0 Å². The van der Waals surface area contributed by atoms with Crippen LogP contribution in [0.1, 0.15) is 51.5 Å². The average molecular weight is 476 g/mol. The average Bonchev–Trinajstić information content (AvgIpc) is 3.23. The third-order valence-corrected chi connectivity index (χ3v) is 8.79. The van der Waals surface area contributed by atoms with Gasteiger partial charge in [-0.2, -0.15) is 0 Å². The van der Waals surface area contributed by atoms with Gasteiger partial charge >= 0.3 is 5.97 Å². The van der Waals surface area contributed by atoms with E-state index >= 15 is 0 Å². The second-order valence-electron chi connectivity index (χ2n) is 7.76. The number of aryl methyl sites for hydroxylation is 2. The molecule has 3 heterocycles. The monoisotopic (exact) mass is 475 g/mol. The topological polar surface area (TPSA) is 81.2 Å². The van der Waals surface area contributed by atoms with Crippen molar-refractivity contribution in [2.75, 3.05) is 17.7 Å². The van der Waals surface area contributed by atoms with Crippen LogP contribution in [0.25, 0.3) is 10.2 Å². The Bertz CT molecular complexity index is 1150. The molecular weight excluding hydrogens is 450 g/mol. The van der Waals surface area contributed by atoms with E-state index < -0.39 is 0 Å². The van der Waals surface area contributed by atoms with Gasteiger partial charge < -0.3 is 10.1 Å². The minimum absolute atomic E-state index is 0.154. The zero-order valence-corrected chi connectivity index (χ0v) is 20.5. The van der Waals surface area contributed by atoms with Crippen molar-refractivity contribution in [3.05, 3.63) is 32.8 Å². The maximum absolute atomic E-state index is 12.8. The minimum Gasteiger partial charge on any atom is -0.462 e. The second kappa shape index (κ2) is 9.26. The molecule has 9 heteroatoms. The maximum atomic E-state index is 12.8. The Balaban J connectivity index is 1.53. The molecule has 1 unspecified atom stereocenters. The van der Waals surface area contributed by atoms with Crippen LogP contribution in [0.2, 0.25) is 0 Å². The van der Waals surface area contributed by atoms with Crippen molar-refractivity contribution < 1.29 is 14.3 Å². The number of hydrogen-bond acceptors (Lipinski definition) is 8. The first-order chi connectivity index (χ1) is 14.9. The predicted molar refractivity (Wildman–Crippen MR) is 128 cm³/mol. The molecule has 1 aliphatic rings. The Morgan fingerprint density at radius 2 is 2.10 bits per heavy atom. The highest BCUT2D eigenvalue weighted by Crippen LogP contribution is 2.40. The van der Waals surface area contributed by atoms with Crippen LogP contribution in [-0.2, 0) is 22.4 Å². The summed E-state index contributed by atoms with van der Waals surface area (Å²) >= 11 is 4.55. The lowest BCUT2D eigenvalue weighted by atomic mass is 9.88. The smallest absolute Gasteiger partial charge is 0.341 e. The second-order valence-corrected chi connectivity index (χ2v) is 11.0. The van der Waals surface area contributed by atoms with Gasteiger partial charge in [-0.05, 0) is 57.1 Å². The number of ether oxygens (including phenoxy) is 1. The first-order valence-electron chi connectivity index (χ1n) is 10.3. The van der Waals surface area contributed by atoms with Gasteiger partial charge in [-0.25, -0.2) is 14.8 Å². The van der Waals surface area contributed by atoms with Crippen molar-refractivity contribution in [2.24, 2.45) is 5.92 Å². The molecule has 0 aromatic carbocycles. The van der Waals surface area contributed by atoms with Crippen LogP contribution in [0.3, 0.4) is 0 Å². The lowest BCUT2D eigenvalue weighted by molar-refractivity contribution is -0.113. The van der Waals surface area contributed by atoms with Gasteiger partial charge in [0.1, 0.15) is 21.2 Å². The van der Waals surface area contributed by atoms with Crippen LogP contribution in [0.4, 0.5) is 5.00 Å². The van der Waals surface area contributed by atoms with E-state index in [0.717, 1.165) is 45.6 Å². The number of aromatic nitrogens is 2. The van der Waals surface area contributed by atoms with E-state index in [0.29, 0.717) is 23.1 Å². The molecule has 1 amide bonds. The summed E-state index contributed by atoms with van der Waals surface area (Å²) in [4.78, 5) is 37.5. The van der Waals surface area contributed by atoms with Crippen LogP contribution in [0.5, 0.6) is 0 Å². The van der Waals surface area contributed by atoms with Crippen LogP contribution >= 0.6 is 34.4 Å². The first-order valence-corrected chi connectivity index (χ1v) is 13.0. The molecule has 4 rings (SSSR count). The van der Waals surface area contributed by atoms with Crippen molar-refractivity contribution in [3.63, 3.8) is 0 Å². The van der Waals surface area contributed by atoms with Gasteiger partial charge in [-0.1, -0.05) is 18.7 Å². The number of hydrogen-bond donors (Lipinski definition) is 1. The number of carbonyl (C=O) groups excluding carboxylic acids is 2. The molecule has 0 saturated carbocycles. The lowest BCUT2D eigenvalue weighted by Crippen LogP contribution is -2.17. The largest absolute Gasteiger partial charge is 0.462 e. The summed E-state index contributed by atoms with van der Waals surface area (Å²) in [7, 11) is 0. The van der Waals surface area contributed by atoms with E-state index in [1.165, 1.54) is 32.9 Å². The minimum atomic E-state index is -0.348. The third-order valence-electron chi connectivity index (χ3n) is 5.51. The molecule has 0 bridgehead atoms. The van der Waals surface area contributed by atoms with Crippen molar-refractivity contribution in [2.45, 2.75) is 52.0 Å². The number of fused-ring (bicyclic) bond motifs is 2. The number of nitrogens with zero attached hydrogens (tertiary/aromatic N) is 2. The first kappa shape index (κ1) is 22.2. The summed E-state index contributed by atoms with van der Waals surface area (Å²) in [5.74, 6) is 0.289. The SMILES string of the molecule is CCOC(=O)c1c(NC(=O)CSc2ncnc3sc(C)c(C)c23)sc2c1CCC(C)C2. The highest BCUT2D eigenvalue weighted by Gasteiger charge is 2.29. The summed E-state index contributed by atoms with van der Waals surface area (Å²) in [6, 6.07) is 0. The van der Waals surface area contributed by atoms with Crippen LogP contribution < -0.4 is 5.32 Å². The molecule has 3 aromatic heterocycles. The summed E-state index contributed by atoms with van der Waals surface area (Å²) in [5.41, 5.74) is 2.75. The van der Waals surface area contributed by atoms with Gasteiger partial charge in [0, 0.05) is 15.1 Å². The number of thioether (sulfide) groups is 1. The molecule has 6 nitrogen and oxygen atoms in total. The number of carbonyl (C=O) groups is 2. The summed E-state index contributed by atoms with van der Waals surface area (Å²) in [6.07, 6.45) is 4.38. The molecule has 0 saturated heterocycles. The molecular formula is C22H25N3O3S3. The molecule has 0 aliphatic heterocycles. The highest BCUT2D eigenvalue weighted by atomic mass is 32.2. The fraction of sp³-hybridized carbons (Fsp3) is 0.455. The van der Waals surface area contributed by atoms with Crippen molar-refractivity contribution >= 4 is 61.5 Å². The van der Waals surface area contributed by atoms with Crippen molar-refractivity contribution in [1.29, 1.82) is 0 Å². The van der Waals surface area contributed by atoms with Gasteiger partial charge in [-0.3, -0.25) is 4.79 Å².